The molecule has 1 unspecified atom stereocenters. The normalized spacial score (nSPS) is 20.7. The van der Waals surface area contributed by atoms with Gasteiger partial charge in [0.05, 0.1) is 17.4 Å². The van der Waals surface area contributed by atoms with Crippen LogP contribution < -0.4 is 15.4 Å². The lowest BCUT2D eigenvalue weighted by atomic mass is 9.85. The van der Waals surface area contributed by atoms with Gasteiger partial charge in [0.2, 0.25) is 15.9 Å². The number of hydrogen-bond donors (Lipinski definition) is 3. The number of nitrogen functional groups attached to an aromatic ring is 1. The Labute approximate surface area is 262 Å². The highest BCUT2D eigenvalue weighted by Crippen LogP contribution is 2.38. The maximum Gasteiger partial charge on any atom is 0.236 e. The Bertz CT molecular complexity index is 1570. The molecule has 3 aromatic rings. The van der Waals surface area contributed by atoms with Gasteiger partial charge in [0.1, 0.15) is 5.84 Å². The van der Waals surface area contributed by atoms with Crippen LogP contribution in [0.1, 0.15) is 80.5 Å². The zero-order chi connectivity index (χ0) is 31.3. The van der Waals surface area contributed by atoms with Crippen LogP contribution in [0.3, 0.4) is 0 Å². The number of nitrogens with two attached hydrogens (primary N) is 1. The zero-order valence-electron chi connectivity index (χ0n) is 25.8. The Morgan fingerprint density at radius 1 is 0.932 bits per heavy atom. The van der Waals surface area contributed by atoms with Crippen LogP contribution >= 0.6 is 0 Å². The quantitative estimate of drug-likeness (QED) is 0.131. The second-order valence-corrected chi connectivity index (χ2v) is 14.1. The molecule has 0 aromatic heterocycles. The van der Waals surface area contributed by atoms with Crippen molar-refractivity contribution in [3.63, 3.8) is 0 Å². The van der Waals surface area contributed by atoms with Crippen molar-refractivity contribution in [2.45, 2.75) is 82.5 Å². The highest BCUT2D eigenvalue weighted by Gasteiger charge is 2.34. The number of unbranched alkanes of at least 4 members (excludes halogenated alkanes) is 2. The van der Waals surface area contributed by atoms with Crippen LogP contribution in [-0.2, 0) is 27.0 Å². The van der Waals surface area contributed by atoms with Crippen molar-refractivity contribution in [3.05, 3.63) is 95.1 Å². The van der Waals surface area contributed by atoms with Crippen LogP contribution in [0.2, 0.25) is 0 Å². The predicted molar refractivity (Wildman–Crippen MR) is 179 cm³/mol. The summed E-state index contributed by atoms with van der Waals surface area (Å²) in [5.74, 6) is -0.577. The highest BCUT2D eigenvalue weighted by atomic mass is 32.2. The lowest BCUT2D eigenvalue weighted by Gasteiger charge is -2.39. The molecule has 2 aliphatic rings. The van der Waals surface area contributed by atoms with Gasteiger partial charge in [0.25, 0.3) is 0 Å². The van der Waals surface area contributed by atoms with Crippen molar-refractivity contribution >= 4 is 33.1 Å². The fourth-order valence-electron chi connectivity index (χ4n) is 6.75. The summed E-state index contributed by atoms with van der Waals surface area (Å²) in [5.41, 5.74) is 10.1. The summed E-state index contributed by atoms with van der Waals surface area (Å²) in [5, 5.41) is 7.87. The second kappa shape index (κ2) is 13.9. The van der Waals surface area contributed by atoms with E-state index in [0.29, 0.717) is 41.9 Å². The third-order valence-electron chi connectivity index (χ3n) is 9.11. The molecule has 0 saturated carbocycles. The molecule has 3 atom stereocenters. The largest absolute Gasteiger partial charge is 0.384 e. The number of nitrogens with zero attached hydrogens (tertiary/aromatic N) is 2. The number of amides is 1. The summed E-state index contributed by atoms with van der Waals surface area (Å²) in [7, 11) is -3.65. The molecule has 1 saturated heterocycles. The van der Waals surface area contributed by atoms with Crippen LogP contribution in [-0.4, -0.2) is 50.2 Å². The topological polar surface area (TPSA) is 120 Å². The summed E-state index contributed by atoms with van der Waals surface area (Å²) in [4.78, 5) is 18.6. The smallest absolute Gasteiger partial charge is 0.236 e. The predicted octanol–water partition coefficient (Wildman–Crippen LogP) is 6.02. The Morgan fingerprint density at radius 3 is 2.39 bits per heavy atom. The van der Waals surface area contributed by atoms with Gasteiger partial charge in [-0.1, -0.05) is 67.4 Å². The Balaban J connectivity index is 1.34. The number of hydrogen-bond acceptors (Lipinski definition) is 5. The maximum absolute atomic E-state index is 14.1. The molecule has 0 radical (unpaired) electrons. The molecule has 2 aliphatic heterocycles. The molecule has 8 nitrogen and oxygen atoms in total. The first-order chi connectivity index (χ1) is 21.1. The number of carbonyl (C=O) groups is 1. The van der Waals surface area contributed by atoms with Crippen molar-refractivity contribution < 1.29 is 13.2 Å². The van der Waals surface area contributed by atoms with E-state index in [1.807, 2.05) is 47.4 Å². The molecule has 5 rings (SSSR count). The minimum atomic E-state index is -3.65. The number of rotatable bonds is 12. The van der Waals surface area contributed by atoms with E-state index in [1.165, 1.54) is 19.3 Å². The Hall–Kier alpha value is -3.69. The second-order valence-electron chi connectivity index (χ2n) is 12.4. The molecule has 4 N–H and O–H groups in total. The molecule has 0 aliphatic carbocycles. The minimum Gasteiger partial charge on any atom is -0.384 e. The third-order valence-corrected chi connectivity index (χ3v) is 10.4. The monoisotopic (exact) mass is 615 g/mol. The minimum absolute atomic E-state index is 0.0132. The number of anilines is 2. The van der Waals surface area contributed by atoms with E-state index >= 15 is 0 Å². The number of nitrogens with one attached hydrogen (secondary N) is 2. The lowest BCUT2D eigenvalue weighted by molar-refractivity contribution is -0.120. The molecule has 0 bridgehead atoms. The van der Waals surface area contributed by atoms with Gasteiger partial charge >= 0.3 is 0 Å². The number of piperidine rings is 1. The van der Waals surface area contributed by atoms with E-state index in [-0.39, 0.29) is 17.5 Å². The molecule has 234 valence electrons. The van der Waals surface area contributed by atoms with Gasteiger partial charge in [-0.15, -0.1) is 0 Å². The van der Waals surface area contributed by atoms with E-state index in [0.717, 1.165) is 42.6 Å². The van der Waals surface area contributed by atoms with Gasteiger partial charge in [-0.05, 0) is 87.4 Å². The van der Waals surface area contributed by atoms with E-state index in [4.69, 9.17) is 11.1 Å². The number of carbonyl (C=O) groups excluding carboxylic acids is 1. The average molecular weight is 616 g/mol. The average Bonchev–Trinajstić information content (AvgIpc) is 2.99. The summed E-state index contributed by atoms with van der Waals surface area (Å²) in [6, 6.07) is 23.2. The fourth-order valence-corrected chi connectivity index (χ4v) is 7.93. The van der Waals surface area contributed by atoms with E-state index in [9.17, 15) is 13.2 Å². The summed E-state index contributed by atoms with van der Waals surface area (Å²) in [6.45, 7) is 6.28. The van der Waals surface area contributed by atoms with E-state index in [2.05, 4.69) is 23.5 Å². The number of fused-ring (bicyclic) bond motifs is 1. The number of sulfonamides is 1. The van der Waals surface area contributed by atoms with Gasteiger partial charge in [0.15, 0.2) is 0 Å². The SMILES string of the molecule is C[C@@H]1CCC[C@H](C)N1CCCCCN1C(=O)C(c2cccc(C(=N)N)c2)Cc2ccc(NS(=O)(=O)Cc3ccccc3)cc21. The summed E-state index contributed by atoms with van der Waals surface area (Å²) >= 11 is 0. The molecular weight excluding hydrogens is 570 g/mol. The third kappa shape index (κ3) is 7.68. The van der Waals surface area contributed by atoms with Gasteiger partial charge in [0, 0.05) is 29.9 Å². The molecule has 9 heteroatoms. The fraction of sp³-hybridized carbons (Fsp3) is 0.429. The first-order valence-corrected chi connectivity index (χ1v) is 17.5. The number of benzene rings is 3. The molecule has 44 heavy (non-hydrogen) atoms. The van der Waals surface area contributed by atoms with Crippen LogP contribution in [0.25, 0.3) is 0 Å². The van der Waals surface area contributed by atoms with Crippen LogP contribution in [0.5, 0.6) is 0 Å². The first-order valence-electron chi connectivity index (χ1n) is 15.8. The van der Waals surface area contributed by atoms with E-state index < -0.39 is 15.9 Å². The van der Waals surface area contributed by atoms with Gasteiger partial charge in [-0.25, -0.2) is 8.42 Å². The lowest BCUT2D eigenvalue weighted by Crippen LogP contribution is -2.44. The number of amidine groups is 1. The van der Waals surface area contributed by atoms with Crippen molar-refractivity contribution in [1.82, 2.24) is 4.90 Å². The van der Waals surface area contributed by atoms with Crippen molar-refractivity contribution in [1.29, 1.82) is 5.41 Å². The van der Waals surface area contributed by atoms with Gasteiger partial charge < -0.3 is 10.6 Å². The molecule has 0 spiro atoms. The Kier molecular flexibility index (Phi) is 10.1. The van der Waals surface area contributed by atoms with Crippen LogP contribution in [0, 0.1) is 5.41 Å². The molecule has 2 heterocycles. The molecule has 1 amide bonds. The van der Waals surface area contributed by atoms with Gasteiger partial charge in [-0.3, -0.25) is 19.8 Å². The van der Waals surface area contributed by atoms with E-state index in [1.54, 1.807) is 30.3 Å². The van der Waals surface area contributed by atoms with Crippen molar-refractivity contribution in [3.8, 4) is 0 Å². The summed E-state index contributed by atoms with van der Waals surface area (Å²) in [6.07, 6.45) is 7.24. The highest BCUT2D eigenvalue weighted by molar-refractivity contribution is 7.91. The first kappa shape index (κ1) is 31.7. The summed E-state index contributed by atoms with van der Waals surface area (Å²) < 4.78 is 28.7. The molecular formula is C35H45N5O3S. The van der Waals surface area contributed by atoms with Crippen LogP contribution in [0.15, 0.2) is 72.8 Å². The Morgan fingerprint density at radius 2 is 1.66 bits per heavy atom. The number of likely N-dealkylation sites (tertiary alicyclic amines) is 1. The zero-order valence-corrected chi connectivity index (χ0v) is 26.7. The van der Waals surface area contributed by atoms with Crippen molar-refractivity contribution in [2.75, 3.05) is 22.7 Å². The standard InChI is InChI=1S/C35H45N5O3S/c1-25-11-9-12-26(2)39(25)19-7-4-8-20-40-33-23-31(38-44(42,43)24-27-13-5-3-6-14-27)18-17-29(33)22-32(35(40)41)28-15-10-16-30(21-28)34(36)37/h3,5-6,10,13-18,21,23,25-26,32,38H,4,7-9,11-12,19-20,22,24H2,1-2H3,(H3,36,37)/t25-,26+,32?. The molecule has 1 fully saturated rings. The van der Waals surface area contributed by atoms with Crippen LogP contribution in [0.4, 0.5) is 11.4 Å². The van der Waals surface area contributed by atoms with Crippen molar-refractivity contribution in [2.24, 2.45) is 5.73 Å². The maximum atomic E-state index is 14.1. The van der Waals surface area contributed by atoms with Gasteiger partial charge in [-0.2, -0.15) is 0 Å². The molecule has 3 aromatic carbocycles.